The number of carbonyl (C=O) groups is 1. The molecule has 2 aliphatic carbocycles. The van der Waals surface area contributed by atoms with Gasteiger partial charge in [0.2, 0.25) is 0 Å². The third kappa shape index (κ3) is 2.25. The van der Waals surface area contributed by atoms with E-state index in [1.165, 1.54) is 19.3 Å². The quantitative estimate of drug-likeness (QED) is 0.815. The monoisotopic (exact) mass is 300 g/mol. The van der Waals surface area contributed by atoms with Gasteiger partial charge >= 0.3 is 5.97 Å². The zero-order valence-electron chi connectivity index (χ0n) is 12.9. The fourth-order valence-corrected chi connectivity index (χ4v) is 3.41. The molecule has 4 rings (SSSR count). The van der Waals surface area contributed by atoms with Crippen LogP contribution < -0.4 is 4.74 Å². The lowest BCUT2D eigenvalue weighted by Crippen LogP contribution is -2.37. The van der Waals surface area contributed by atoms with Gasteiger partial charge in [-0.2, -0.15) is 5.10 Å². The lowest BCUT2D eigenvalue weighted by atomic mass is 9.78. The molecule has 0 bridgehead atoms. The molecule has 0 aliphatic heterocycles. The van der Waals surface area contributed by atoms with Gasteiger partial charge in [0, 0.05) is 18.6 Å². The zero-order valence-corrected chi connectivity index (χ0v) is 12.9. The summed E-state index contributed by atoms with van der Waals surface area (Å²) >= 11 is 0. The first-order valence-corrected chi connectivity index (χ1v) is 7.88. The van der Waals surface area contributed by atoms with E-state index >= 15 is 0 Å². The molecule has 2 aromatic rings. The fourth-order valence-electron chi connectivity index (χ4n) is 3.41. The van der Waals surface area contributed by atoms with Crippen LogP contribution in [-0.2, 0) is 11.8 Å². The van der Waals surface area contributed by atoms with Gasteiger partial charge in [-0.3, -0.25) is 4.68 Å². The number of carbonyl (C=O) groups excluding carboxylic acids is 1. The van der Waals surface area contributed by atoms with Crippen molar-refractivity contribution in [1.29, 1.82) is 0 Å². The smallest absolute Gasteiger partial charge is 0.338 e. The Hall–Kier alpha value is -2.04. The third-order valence-corrected chi connectivity index (χ3v) is 4.89. The van der Waals surface area contributed by atoms with E-state index in [9.17, 15) is 4.79 Å². The fraction of sp³-hybridized carbons (Fsp3) is 0.529. The number of methoxy groups -OCH3 is 1. The number of ether oxygens (including phenoxy) is 2. The summed E-state index contributed by atoms with van der Waals surface area (Å²) in [4.78, 5) is 12.5. The maximum Gasteiger partial charge on any atom is 0.338 e. The average molecular weight is 300 g/mol. The minimum atomic E-state index is -0.251. The number of esters is 1. The second kappa shape index (κ2) is 5.00. The van der Waals surface area contributed by atoms with E-state index in [1.54, 1.807) is 17.9 Å². The van der Waals surface area contributed by atoms with Gasteiger partial charge in [0.1, 0.15) is 17.4 Å². The van der Waals surface area contributed by atoms with E-state index in [4.69, 9.17) is 9.47 Å². The molecule has 1 aromatic heterocycles. The predicted molar refractivity (Wildman–Crippen MR) is 81.9 cm³/mol. The molecule has 0 radical (unpaired) electrons. The summed E-state index contributed by atoms with van der Waals surface area (Å²) < 4.78 is 12.8. The summed E-state index contributed by atoms with van der Waals surface area (Å²) in [6.07, 6.45) is 6.79. The number of hydrogen-bond acceptors (Lipinski definition) is 4. The van der Waals surface area contributed by atoms with Gasteiger partial charge in [-0.25, -0.2) is 4.79 Å². The normalized spacial score (nSPS) is 24.1. The second-order valence-corrected chi connectivity index (χ2v) is 6.44. The number of hydrogen-bond donors (Lipinski definition) is 0. The van der Waals surface area contributed by atoms with E-state index in [0.717, 1.165) is 23.2 Å². The van der Waals surface area contributed by atoms with Gasteiger partial charge in [0.25, 0.3) is 0 Å². The minimum absolute atomic E-state index is 0.107. The van der Waals surface area contributed by atoms with Crippen molar-refractivity contribution in [2.24, 2.45) is 18.9 Å². The summed E-state index contributed by atoms with van der Waals surface area (Å²) in [6.45, 7) is 0. The number of aryl methyl sites for hydroxylation is 1. The van der Waals surface area contributed by atoms with Gasteiger partial charge < -0.3 is 9.47 Å². The highest BCUT2D eigenvalue weighted by Gasteiger charge is 2.44. The van der Waals surface area contributed by atoms with E-state index in [1.807, 2.05) is 19.3 Å². The van der Waals surface area contributed by atoms with Crippen molar-refractivity contribution in [3.8, 4) is 5.75 Å². The van der Waals surface area contributed by atoms with Gasteiger partial charge in [-0.15, -0.1) is 0 Å². The highest BCUT2D eigenvalue weighted by molar-refractivity contribution is 5.97. The Morgan fingerprint density at radius 1 is 1.27 bits per heavy atom. The number of aromatic nitrogens is 2. The summed E-state index contributed by atoms with van der Waals surface area (Å²) in [6, 6.07) is 3.56. The van der Waals surface area contributed by atoms with Crippen LogP contribution in [-0.4, -0.2) is 29.0 Å². The molecular formula is C17H20N2O3. The van der Waals surface area contributed by atoms with Crippen molar-refractivity contribution >= 4 is 16.9 Å². The summed E-state index contributed by atoms with van der Waals surface area (Å²) in [5.41, 5.74) is 1.31. The van der Waals surface area contributed by atoms with Crippen LogP contribution >= 0.6 is 0 Å². The van der Waals surface area contributed by atoms with Crippen molar-refractivity contribution in [2.75, 3.05) is 7.11 Å². The Bertz CT molecular complexity index is 733. The number of rotatable bonds is 4. The molecule has 0 N–H and O–H groups in total. The maximum atomic E-state index is 12.5. The molecule has 5 nitrogen and oxygen atoms in total. The van der Waals surface area contributed by atoms with E-state index < -0.39 is 0 Å². The van der Waals surface area contributed by atoms with E-state index in [-0.39, 0.29) is 12.1 Å². The lowest BCUT2D eigenvalue weighted by molar-refractivity contribution is -0.0285. The molecule has 1 aromatic carbocycles. The highest BCUT2D eigenvalue weighted by atomic mass is 16.5. The van der Waals surface area contributed by atoms with Crippen LogP contribution in [0.15, 0.2) is 18.3 Å². The molecular weight excluding hydrogens is 280 g/mol. The molecule has 116 valence electrons. The third-order valence-electron chi connectivity index (χ3n) is 4.89. The van der Waals surface area contributed by atoms with Crippen LogP contribution in [0.5, 0.6) is 5.75 Å². The molecule has 2 fully saturated rings. The molecule has 2 aliphatic rings. The Morgan fingerprint density at radius 2 is 2.09 bits per heavy atom. The van der Waals surface area contributed by atoms with Crippen LogP contribution in [0.3, 0.4) is 0 Å². The predicted octanol–water partition coefficient (Wildman–Crippen LogP) is 2.93. The Morgan fingerprint density at radius 3 is 2.73 bits per heavy atom. The second-order valence-electron chi connectivity index (χ2n) is 6.44. The first-order chi connectivity index (χ1) is 10.7. The molecule has 1 heterocycles. The van der Waals surface area contributed by atoms with E-state index in [2.05, 4.69) is 5.10 Å². The summed E-state index contributed by atoms with van der Waals surface area (Å²) in [5, 5.41) is 5.25. The molecule has 0 amide bonds. The number of fused-ring (bicyclic) bond motifs is 1. The Labute approximate surface area is 129 Å². The highest BCUT2D eigenvalue weighted by Crippen LogP contribution is 2.48. The van der Waals surface area contributed by atoms with Gasteiger partial charge in [-0.1, -0.05) is 0 Å². The van der Waals surface area contributed by atoms with Crippen LogP contribution in [0.1, 0.15) is 36.0 Å². The molecule has 2 saturated carbocycles. The summed E-state index contributed by atoms with van der Waals surface area (Å²) in [7, 11) is 3.44. The maximum absolute atomic E-state index is 12.5. The molecule has 5 heteroatoms. The average Bonchev–Trinajstić information content (AvgIpc) is 3.21. The van der Waals surface area contributed by atoms with Crippen molar-refractivity contribution in [1.82, 2.24) is 9.78 Å². The molecule has 2 atom stereocenters. The Kier molecular flexibility index (Phi) is 3.10. The van der Waals surface area contributed by atoms with Crippen LogP contribution in [0.2, 0.25) is 0 Å². The van der Waals surface area contributed by atoms with Crippen molar-refractivity contribution in [3.63, 3.8) is 0 Å². The standard InChI is InChI=1S/C17H20N2O3/c1-19-9-12-7-11(8-15(21-2)16(12)18-19)17(20)22-14-6-5-13(14)10-3-4-10/h7-10,13-14H,3-6H2,1-2H3. The van der Waals surface area contributed by atoms with Crippen LogP contribution in [0.4, 0.5) is 0 Å². The lowest BCUT2D eigenvalue weighted by Gasteiger charge is -2.36. The van der Waals surface area contributed by atoms with Crippen LogP contribution in [0.25, 0.3) is 10.9 Å². The van der Waals surface area contributed by atoms with Gasteiger partial charge in [0.15, 0.2) is 0 Å². The van der Waals surface area contributed by atoms with Crippen molar-refractivity contribution < 1.29 is 14.3 Å². The van der Waals surface area contributed by atoms with E-state index in [0.29, 0.717) is 17.2 Å². The van der Waals surface area contributed by atoms with Gasteiger partial charge in [-0.05, 0) is 49.7 Å². The molecule has 2 unspecified atom stereocenters. The molecule has 0 spiro atoms. The Balaban J connectivity index is 1.58. The topological polar surface area (TPSA) is 53.4 Å². The number of benzene rings is 1. The molecule has 0 saturated heterocycles. The first kappa shape index (κ1) is 13.6. The first-order valence-electron chi connectivity index (χ1n) is 7.88. The van der Waals surface area contributed by atoms with Gasteiger partial charge in [0.05, 0.1) is 12.7 Å². The number of nitrogens with zero attached hydrogens (tertiary/aromatic N) is 2. The molecule has 22 heavy (non-hydrogen) atoms. The summed E-state index contributed by atoms with van der Waals surface area (Å²) in [5.74, 6) is 1.74. The minimum Gasteiger partial charge on any atom is -0.494 e. The van der Waals surface area contributed by atoms with Crippen LogP contribution in [0, 0.1) is 11.8 Å². The SMILES string of the molecule is COc1cc(C(=O)OC2CCC2C2CC2)cc2cn(C)nc12. The van der Waals surface area contributed by atoms with Crippen molar-refractivity contribution in [3.05, 3.63) is 23.9 Å². The zero-order chi connectivity index (χ0) is 15.3. The largest absolute Gasteiger partial charge is 0.494 e. The van der Waals surface area contributed by atoms with Crippen molar-refractivity contribution in [2.45, 2.75) is 31.8 Å².